The molecular formula is C16H23NO3. The van der Waals surface area contributed by atoms with Gasteiger partial charge >= 0.3 is 0 Å². The van der Waals surface area contributed by atoms with Gasteiger partial charge in [-0.05, 0) is 38.1 Å². The number of fused-ring (bicyclic) bond motifs is 1. The first-order valence-electron chi connectivity index (χ1n) is 6.98. The molecule has 110 valence electrons. The summed E-state index contributed by atoms with van der Waals surface area (Å²) in [4.78, 5) is 0. The van der Waals surface area contributed by atoms with Crippen LogP contribution in [0.1, 0.15) is 30.7 Å². The molecule has 0 spiro atoms. The molecule has 4 heteroatoms. The highest BCUT2D eigenvalue weighted by molar-refractivity contribution is 5.78. The summed E-state index contributed by atoms with van der Waals surface area (Å²) in [5.41, 5.74) is 2.11. The summed E-state index contributed by atoms with van der Waals surface area (Å²) in [5.74, 6) is 0.841. The Labute approximate surface area is 120 Å². The number of rotatable bonds is 7. The van der Waals surface area contributed by atoms with Crippen molar-refractivity contribution in [3.8, 4) is 0 Å². The van der Waals surface area contributed by atoms with Crippen LogP contribution in [0.15, 0.2) is 28.7 Å². The van der Waals surface area contributed by atoms with Crippen LogP contribution in [-0.2, 0) is 9.47 Å². The summed E-state index contributed by atoms with van der Waals surface area (Å²) in [5, 5.41) is 4.53. The van der Waals surface area contributed by atoms with Crippen molar-refractivity contribution in [1.29, 1.82) is 0 Å². The normalized spacial score (nSPS) is 13.2. The zero-order chi connectivity index (χ0) is 14.5. The van der Waals surface area contributed by atoms with E-state index < -0.39 is 0 Å². The van der Waals surface area contributed by atoms with E-state index in [-0.39, 0.29) is 12.3 Å². The highest BCUT2D eigenvalue weighted by Gasteiger charge is 2.25. The van der Waals surface area contributed by atoms with Crippen LogP contribution in [0.5, 0.6) is 0 Å². The third kappa shape index (κ3) is 3.20. The average Bonchev–Trinajstić information content (AvgIpc) is 2.86. The van der Waals surface area contributed by atoms with Gasteiger partial charge in [0.1, 0.15) is 17.4 Å². The molecule has 0 saturated heterocycles. The van der Waals surface area contributed by atoms with Crippen LogP contribution < -0.4 is 5.32 Å². The number of aryl methyl sites for hydroxylation is 1. The van der Waals surface area contributed by atoms with Crippen molar-refractivity contribution in [2.75, 3.05) is 20.8 Å². The highest BCUT2D eigenvalue weighted by atomic mass is 16.7. The maximum absolute atomic E-state index is 5.94. The van der Waals surface area contributed by atoms with Gasteiger partial charge in [-0.25, -0.2) is 0 Å². The second-order valence-corrected chi connectivity index (χ2v) is 4.96. The Morgan fingerprint density at radius 2 is 1.95 bits per heavy atom. The maximum Gasteiger partial charge on any atom is 0.179 e. The number of hydrogen-bond donors (Lipinski definition) is 1. The van der Waals surface area contributed by atoms with E-state index in [1.165, 1.54) is 5.56 Å². The number of ether oxygens (including phenoxy) is 2. The van der Waals surface area contributed by atoms with Gasteiger partial charge in [-0.2, -0.15) is 0 Å². The summed E-state index contributed by atoms with van der Waals surface area (Å²) in [6, 6.07) is 8.11. The van der Waals surface area contributed by atoms with E-state index in [2.05, 4.69) is 31.3 Å². The van der Waals surface area contributed by atoms with Crippen LogP contribution in [0.2, 0.25) is 0 Å². The van der Waals surface area contributed by atoms with Gasteiger partial charge < -0.3 is 19.2 Å². The fourth-order valence-electron chi connectivity index (χ4n) is 2.34. The van der Waals surface area contributed by atoms with Gasteiger partial charge in [0.25, 0.3) is 0 Å². The van der Waals surface area contributed by atoms with Gasteiger partial charge in [0, 0.05) is 19.6 Å². The van der Waals surface area contributed by atoms with Gasteiger partial charge in [-0.1, -0.05) is 18.6 Å². The molecule has 1 N–H and O–H groups in total. The van der Waals surface area contributed by atoms with Crippen molar-refractivity contribution in [3.63, 3.8) is 0 Å². The predicted octanol–water partition coefficient (Wildman–Crippen LogP) is 3.40. The molecule has 2 aromatic rings. The van der Waals surface area contributed by atoms with Gasteiger partial charge in [0.2, 0.25) is 0 Å². The van der Waals surface area contributed by atoms with Crippen LogP contribution >= 0.6 is 0 Å². The number of benzene rings is 1. The zero-order valence-corrected chi connectivity index (χ0v) is 12.6. The Morgan fingerprint density at radius 3 is 2.60 bits per heavy atom. The van der Waals surface area contributed by atoms with Crippen LogP contribution in [0, 0.1) is 6.92 Å². The van der Waals surface area contributed by atoms with Crippen LogP contribution in [0.3, 0.4) is 0 Å². The first kappa shape index (κ1) is 15.0. The molecule has 1 atom stereocenters. The van der Waals surface area contributed by atoms with Crippen LogP contribution in [0.4, 0.5) is 0 Å². The predicted molar refractivity (Wildman–Crippen MR) is 79.8 cm³/mol. The molecule has 0 saturated carbocycles. The van der Waals surface area contributed by atoms with Gasteiger partial charge in [-0.3, -0.25) is 0 Å². The number of methoxy groups -OCH3 is 2. The van der Waals surface area contributed by atoms with Gasteiger partial charge in [-0.15, -0.1) is 0 Å². The van der Waals surface area contributed by atoms with E-state index >= 15 is 0 Å². The Morgan fingerprint density at radius 1 is 1.20 bits per heavy atom. The first-order chi connectivity index (χ1) is 9.69. The third-order valence-electron chi connectivity index (χ3n) is 3.35. The first-order valence-corrected chi connectivity index (χ1v) is 6.98. The fourth-order valence-corrected chi connectivity index (χ4v) is 2.34. The Kier molecular flexibility index (Phi) is 5.17. The Hall–Kier alpha value is -1.36. The van der Waals surface area contributed by atoms with E-state index in [4.69, 9.17) is 13.9 Å². The van der Waals surface area contributed by atoms with Crippen molar-refractivity contribution >= 4 is 11.0 Å². The maximum atomic E-state index is 5.94. The lowest BCUT2D eigenvalue weighted by Gasteiger charge is -2.23. The smallest absolute Gasteiger partial charge is 0.179 e. The lowest BCUT2D eigenvalue weighted by Crippen LogP contribution is -2.34. The molecule has 1 unspecified atom stereocenters. The third-order valence-corrected chi connectivity index (χ3v) is 3.35. The van der Waals surface area contributed by atoms with E-state index in [0.717, 1.165) is 29.7 Å². The van der Waals surface area contributed by atoms with Crippen molar-refractivity contribution in [3.05, 3.63) is 35.6 Å². The molecular weight excluding hydrogens is 254 g/mol. The second kappa shape index (κ2) is 6.88. The molecule has 0 radical (unpaired) electrons. The van der Waals surface area contributed by atoms with E-state index in [0.29, 0.717) is 0 Å². The fraction of sp³-hybridized carbons (Fsp3) is 0.500. The molecule has 0 amide bonds. The minimum atomic E-state index is -0.372. The van der Waals surface area contributed by atoms with Gasteiger partial charge in [0.05, 0.1) is 0 Å². The summed E-state index contributed by atoms with van der Waals surface area (Å²) in [6.45, 7) is 5.08. The summed E-state index contributed by atoms with van der Waals surface area (Å²) >= 11 is 0. The number of furan rings is 1. The summed E-state index contributed by atoms with van der Waals surface area (Å²) in [7, 11) is 3.28. The molecule has 0 aliphatic heterocycles. The molecule has 4 nitrogen and oxygen atoms in total. The lowest BCUT2D eigenvalue weighted by molar-refractivity contribution is -0.127. The molecule has 20 heavy (non-hydrogen) atoms. The van der Waals surface area contributed by atoms with Crippen molar-refractivity contribution in [2.45, 2.75) is 32.6 Å². The Bertz CT molecular complexity index is 546. The van der Waals surface area contributed by atoms with Crippen molar-refractivity contribution in [2.24, 2.45) is 0 Å². The number of hydrogen-bond acceptors (Lipinski definition) is 4. The SMILES string of the molecule is CCCNC(c1cc2cc(C)ccc2o1)C(OC)OC. The molecule has 2 rings (SSSR count). The lowest BCUT2D eigenvalue weighted by atomic mass is 10.1. The summed E-state index contributed by atoms with van der Waals surface area (Å²) in [6.07, 6.45) is 0.666. The molecule has 1 heterocycles. The standard InChI is InChI=1S/C16H23NO3/c1-5-8-17-15(16(18-3)19-4)14-10-12-9-11(2)6-7-13(12)20-14/h6-7,9-10,15-17H,5,8H2,1-4H3. The molecule has 0 aliphatic carbocycles. The highest BCUT2D eigenvalue weighted by Crippen LogP contribution is 2.27. The molecule has 1 aromatic heterocycles. The quantitative estimate of drug-likeness (QED) is 0.788. The average molecular weight is 277 g/mol. The van der Waals surface area contributed by atoms with Crippen LogP contribution in [-0.4, -0.2) is 27.1 Å². The second-order valence-electron chi connectivity index (χ2n) is 4.96. The minimum absolute atomic E-state index is 0.113. The van der Waals surface area contributed by atoms with E-state index in [1.54, 1.807) is 14.2 Å². The van der Waals surface area contributed by atoms with Crippen LogP contribution in [0.25, 0.3) is 11.0 Å². The molecule has 0 fully saturated rings. The molecule has 0 aliphatic rings. The summed E-state index contributed by atoms with van der Waals surface area (Å²) < 4.78 is 16.7. The monoisotopic (exact) mass is 277 g/mol. The van der Waals surface area contributed by atoms with E-state index in [1.807, 2.05) is 12.1 Å². The van der Waals surface area contributed by atoms with Crippen molar-refractivity contribution in [1.82, 2.24) is 5.32 Å². The van der Waals surface area contributed by atoms with E-state index in [9.17, 15) is 0 Å². The molecule has 0 bridgehead atoms. The van der Waals surface area contributed by atoms with Gasteiger partial charge in [0.15, 0.2) is 6.29 Å². The Balaban J connectivity index is 2.33. The largest absolute Gasteiger partial charge is 0.459 e. The number of nitrogens with one attached hydrogen (secondary N) is 1. The minimum Gasteiger partial charge on any atom is -0.459 e. The molecule has 1 aromatic carbocycles. The zero-order valence-electron chi connectivity index (χ0n) is 12.6. The topological polar surface area (TPSA) is 43.6 Å². The van der Waals surface area contributed by atoms with Crippen molar-refractivity contribution < 1.29 is 13.9 Å².